The molecular formula is C23H31F3N6OS. The second-order valence-electron chi connectivity index (χ2n) is 9.26. The summed E-state index contributed by atoms with van der Waals surface area (Å²) in [6, 6.07) is 6.03. The van der Waals surface area contributed by atoms with Gasteiger partial charge in [-0.2, -0.15) is 13.2 Å². The summed E-state index contributed by atoms with van der Waals surface area (Å²) in [4.78, 5) is 7.01. The quantitative estimate of drug-likeness (QED) is 0.430. The van der Waals surface area contributed by atoms with Crippen LogP contribution in [-0.4, -0.2) is 83.9 Å². The van der Waals surface area contributed by atoms with Crippen molar-refractivity contribution >= 4 is 23.4 Å². The van der Waals surface area contributed by atoms with Crippen LogP contribution in [0.1, 0.15) is 18.4 Å². The lowest BCUT2D eigenvalue weighted by Crippen LogP contribution is -2.37. The second kappa shape index (κ2) is 9.94. The molecule has 1 unspecified atom stereocenters. The van der Waals surface area contributed by atoms with Crippen molar-refractivity contribution in [3.05, 3.63) is 29.8 Å². The highest BCUT2D eigenvalue weighted by molar-refractivity contribution is 7.99. The van der Waals surface area contributed by atoms with E-state index in [2.05, 4.69) is 29.5 Å². The molecular weight excluding hydrogens is 465 g/mol. The van der Waals surface area contributed by atoms with E-state index in [0.29, 0.717) is 12.0 Å². The summed E-state index contributed by atoms with van der Waals surface area (Å²) in [6.45, 7) is 7.12. The first-order valence-electron chi connectivity index (χ1n) is 11.9. The lowest BCUT2D eigenvalue weighted by molar-refractivity contribution is -0.137. The van der Waals surface area contributed by atoms with Crippen LogP contribution in [0, 0.1) is 5.92 Å². The summed E-state index contributed by atoms with van der Waals surface area (Å²) in [5.41, 5.74) is 0.314. The smallest absolute Gasteiger partial charge is 0.378 e. The van der Waals surface area contributed by atoms with Gasteiger partial charge < -0.3 is 19.4 Å². The van der Waals surface area contributed by atoms with Crippen LogP contribution in [0.15, 0.2) is 29.4 Å². The van der Waals surface area contributed by atoms with Crippen molar-refractivity contribution in [3.63, 3.8) is 0 Å². The minimum absolute atomic E-state index is 0.388. The first-order valence-corrected chi connectivity index (χ1v) is 12.9. The predicted octanol–water partition coefficient (Wildman–Crippen LogP) is 3.36. The molecule has 3 fully saturated rings. The van der Waals surface area contributed by atoms with Gasteiger partial charge in [-0.1, -0.05) is 11.8 Å². The van der Waals surface area contributed by atoms with Crippen molar-refractivity contribution in [1.29, 1.82) is 0 Å². The third-order valence-electron chi connectivity index (χ3n) is 7.11. The Morgan fingerprint density at radius 2 is 1.82 bits per heavy atom. The number of morpholine rings is 1. The zero-order valence-corrected chi connectivity index (χ0v) is 20.2. The van der Waals surface area contributed by atoms with Gasteiger partial charge in [-0.3, -0.25) is 4.57 Å². The average molecular weight is 497 g/mol. The number of hydrogen-bond donors (Lipinski definition) is 0. The number of benzene rings is 1. The number of alkyl halides is 3. The molecule has 0 bridgehead atoms. The van der Waals surface area contributed by atoms with Gasteiger partial charge in [0.2, 0.25) is 5.95 Å². The Bertz CT molecular complexity index is 963. The Balaban J connectivity index is 1.09. The molecule has 11 heteroatoms. The van der Waals surface area contributed by atoms with Gasteiger partial charge in [0, 0.05) is 57.3 Å². The van der Waals surface area contributed by atoms with Crippen LogP contribution in [0.4, 0.5) is 24.8 Å². The van der Waals surface area contributed by atoms with Gasteiger partial charge in [0.05, 0.1) is 18.8 Å². The first-order chi connectivity index (χ1) is 16.4. The Morgan fingerprint density at radius 3 is 2.56 bits per heavy atom. The highest BCUT2D eigenvalue weighted by Crippen LogP contribution is 2.37. The van der Waals surface area contributed by atoms with Crippen molar-refractivity contribution in [3.8, 4) is 0 Å². The third-order valence-corrected chi connectivity index (χ3v) is 8.21. The van der Waals surface area contributed by atoms with E-state index in [9.17, 15) is 13.2 Å². The van der Waals surface area contributed by atoms with Gasteiger partial charge in [-0.05, 0) is 49.6 Å². The number of likely N-dealkylation sites (tertiary alicyclic amines) is 1. The van der Waals surface area contributed by atoms with Crippen LogP contribution in [0.25, 0.3) is 0 Å². The molecule has 0 amide bonds. The minimum Gasteiger partial charge on any atom is -0.378 e. The molecule has 3 aliphatic heterocycles. The maximum Gasteiger partial charge on any atom is 0.416 e. The number of fused-ring (bicyclic) bond motifs is 1. The topological polar surface area (TPSA) is 49.7 Å². The third kappa shape index (κ3) is 5.01. The molecule has 7 nitrogen and oxygen atoms in total. The summed E-state index contributed by atoms with van der Waals surface area (Å²) in [6.07, 6.45) is -2.13. The van der Waals surface area contributed by atoms with E-state index in [-0.39, 0.29) is 0 Å². The number of halogens is 3. The number of ether oxygens (including phenoxy) is 1. The summed E-state index contributed by atoms with van der Waals surface area (Å²) in [7, 11) is 2.02. The summed E-state index contributed by atoms with van der Waals surface area (Å²) >= 11 is 1.74. The van der Waals surface area contributed by atoms with Crippen LogP contribution in [0.3, 0.4) is 0 Å². The Hall–Kier alpha value is -1.98. The van der Waals surface area contributed by atoms with Crippen molar-refractivity contribution < 1.29 is 17.9 Å². The highest BCUT2D eigenvalue weighted by atomic mass is 32.2. The van der Waals surface area contributed by atoms with E-state index in [4.69, 9.17) is 4.74 Å². The largest absolute Gasteiger partial charge is 0.416 e. The molecule has 4 heterocycles. The van der Waals surface area contributed by atoms with Gasteiger partial charge in [0.1, 0.15) is 0 Å². The number of thioether (sulfide) groups is 1. The number of nitrogens with zero attached hydrogens (tertiary/aromatic N) is 6. The average Bonchev–Trinajstić information content (AvgIpc) is 3.51. The van der Waals surface area contributed by atoms with E-state index in [0.717, 1.165) is 87.9 Å². The molecule has 0 saturated carbocycles. The molecule has 3 aliphatic rings. The van der Waals surface area contributed by atoms with E-state index >= 15 is 0 Å². The van der Waals surface area contributed by atoms with Crippen LogP contribution in [0.5, 0.6) is 0 Å². The fraction of sp³-hybridized carbons (Fsp3) is 0.652. The molecule has 1 aromatic heterocycles. The first kappa shape index (κ1) is 23.7. The minimum atomic E-state index is -4.29. The van der Waals surface area contributed by atoms with Gasteiger partial charge in [-0.15, -0.1) is 10.2 Å². The fourth-order valence-corrected chi connectivity index (χ4v) is 6.15. The second-order valence-corrected chi connectivity index (χ2v) is 10.3. The highest BCUT2D eigenvalue weighted by Gasteiger charge is 2.41. The Labute approximate surface area is 202 Å². The molecule has 0 N–H and O–H groups in total. The molecule has 5 rings (SSSR count). The van der Waals surface area contributed by atoms with Crippen LogP contribution in [0.2, 0.25) is 0 Å². The van der Waals surface area contributed by atoms with E-state index < -0.39 is 11.7 Å². The Morgan fingerprint density at radius 1 is 1.06 bits per heavy atom. The molecule has 186 valence electrons. The number of rotatable bonds is 7. The van der Waals surface area contributed by atoms with Crippen LogP contribution >= 0.6 is 11.8 Å². The number of hydrogen-bond acceptors (Lipinski definition) is 7. The molecule has 2 atom stereocenters. The normalized spacial score (nSPS) is 23.6. The zero-order chi connectivity index (χ0) is 23.7. The molecule has 0 aliphatic carbocycles. The summed E-state index contributed by atoms with van der Waals surface area (Å²) in [5, 5.41) is 9.69. The molecule has 0 radical (unpaired) electrons. The van der Waals surface area contributed by atoms with Crippen molar-refractivity contribution in [2.45, 2.75) is 30.2 Å². The maximum absolute atomic E-state index is 12.9. The monoisotopic (exact) mass is 496 g/mol. The molecule has 34 heavy (non-hydrogen) atoms. The van der Waals surface area contributed by atoms with Gasteiger partial charge in [0.15, 0.2) is 5.16 Å². The summed E-state index contributed by atoms with van der Waals surface area (Å²) < 4.78 is 46.2. The number of aromatic nitrogens is 3. The zero-order valence-electron chi connectivity index (χ0n) is 19.4. The van der Waals surface area contributed by atoms with Gasteiger partial charge in [-0.25, -0.2) is 0 Å². The van der Waals surface area contributed by atoms with E-state index in [1.165, 1.54) is 12.1 Å². The van der Waals surface area contributed by atoms with Crippen molar-refractivity contribution in [2.75, 3.05) is 68.0 Å². The lowest BCUT2D eigenvalue weighted by Gasteiger charge is -2.27. The fourth-order valence-electron chi connectivity index (χ4n) is 5.32. The Kier molecular flexibility index (Phi) is 6.95. The van der Waals surface area contributed by atoms with E-state index in [1.807, 2.05) is 7.05 Å². The summed E-state index contributed by atoms with van der Waals surface area (Å²) in [5.74, 6) is 2.47. The molecule has 1 aromatic carbocycles. The molecule has 3 saturated heterocycles. The lowest BCUT2D eigenvalue weighted by atomic mass is 10.0. The molecule has 2 aromatic rings. The van der Waals surface area contributed by atoms with Crippen molar-refractivity contribution in [2.24, 2.45) is 13.0 Å². The molecule has 0 spiro atoms. The van der Waals surface area contributed by atoms with Gasteiger partial charge in [0.25, 0.3) is 0 Å². The predicted molar refractivity (Wildman–Crippen MR) is 127 cm³/mol. The van der Waals surface area contributed by atoms with Crippen LogP contribution in [-0.2, 0) is 18.0 Å². The van der Waals surface area contributed by atoms with E-state index in [1.54, 1.807) is 23.9 Å². The van der Waals surface area contributed by atoms with Crippen molar-refractivity contribution in [1.82, 2.24) is 19.7 Å². The SMILES string of the molecule is Cn1c(SCCCN2CC3[C@@H](CCN3c3ccc(C(F)(F)F)cc3)C2)nnc1N1CCOCC1. The van der Waals surface area contributed by atoms with Gasteiger partial charge >= 0.3 is 6.18 Å². The number of anilines is 2. The van der Waals surface area contributed by atoms with Crippen LogP contribution < -0.4 is 9.80 Å². The standard InChI is InChI=1S/C23H31F3N6OS/c1-29-21(31-10-12-33-13-11-31)27-28-22(29)34-14-2-8-30-15-17-7-9-32(20(17)16-30)19-5-3-18(4-6-19)23(24,25)26/h3-6,17,20H,2,7-16H2,1H3/t17-,20?/m0/s1. The maximum atomic E-state index is 12.9.